The molecular weight excluding hydrogens is 394 g/mol. The molecule has 3 aromatic rings. The number of hydrogen-bond donors (Lipinski definition) is 1. The Morgan fingerprint density at radius 2 is 1.86 bits per heavy atom. The number of carbonyl (C=O) groups is 1. The molecule has 146 valence electrons. The minimum Gasteiger partial charge on any atom is -0.479 e. The average molecular weight is 416 g/mol. The summed E-state index contributed by atoms with van der Waals surface area (Å²) in [5, 5.41) is 11.3. The van der Waals surface area contributed by atoms with Crippen LogP contribution < -0.4 is 0 Å². The summed E-state index contributed by atoms with van der Waals surface area (Å²) in [7, 11) is 0. The van der Waals surface area contributed by atoms with Crippen LogP contribution in [0.4, 0.5) is 0 Å². The summed E-state index contributed by atoms with van der Waals surface area (Å²) in [5.41, 5.74) is 3.66. The third-order valence-electron chi connectivity index (χ3n) is 4.45. The fourth-order valence-corrected chi connectivity index (χ4v) is 3.86. The van der Waals surface area contributed by atoms with Gasteiger partial charge in [0.1, 0.15) is 0 Å². The van der Waals surface area contributed by atoms with Crippen molar-refractivity contribution in [3.05, 3.63) is 58.7 Å². The van der Waals surface area contributed by atoms with Crippen molar-refractivity contribution in [1.82, 2.24) is 4.98 Å². The van der Waals surface area contributed by atoms with Gasteiger partial charge in [-0.1, -0.05) is 23.7 Å². The minimum atomic E-state index is -1.12. The second-order valence-electron chi connectivity index (χ2n) is 6.78. The van der Waals surface area contributed by atoms with E-state index in [1.807, 2.05) is 63.4 Å². The highest BCUT2D eigenvalue weighted by Gasteiger charge is 2.29. The number of aromatic nitrogens is 1. The minimum absolute atomic E-state index is 0.248. The van der Waals surface area contributed by atoms with Crippen LogP contribution in [0, 0.1) is 6.92 Å². The average Bonchev–Trinajstić information content (AvgIpc) is 2.65. The van der Waals surface area contributed by atoms with E-state index in [1.165, 1.54) is 0 Å². The first-order chi connectivity index (χ1) is 13.3. The lowest BCUT2D eigenvalue weighted by Crippen LogP contribution is -2.21. The van der Waals surface area contributed by atoms with Crippen LogP contribution in [-0.4, -0.2) is 28.4 Å². The fraction of sp³-hybridized carbons (Fsp3) is 0.273. The van der Waals surface area contributed by atoms with Crippen molar-refractivity contribution in [2.45, 2.75) is 37.9 Å². The Labute approximate surface area is 173 Å². The smallest absolute Gasteiger partial charge is 0.337 e. The number of halogens is 1. The molecule has 1 heterocycles. The molecule has 1 aromatic heterocycles. The molecule has 6 heteroatoms. The predicted octanol–water partition coefficient (Wildman–Crippen LogP) is 6.14. The lowest BCUT2D eigenvalue weighted by atomic mass is 9.91. The topological polar surface area (TPSA) is 59.4 Å². The van der Waals surface area contributed by atoms with Gasteiger partial charge in [-0.05, 0) is 68.5 Å². The zero-order valence-electron chi connectivity index (χ0n) is 16.2. The van der Waals surface area contributed by atoms with Gasteiger partial charge in [-0.2, -0.15) is 0 Å². The number of carboxylic acids is 1. The first-order valence-corrected chi connectivity index (χ1v) is 10.5. The molecule has 2 aromatic carbocycles. The van der Waals surface area contributed by atoms with E-state index >= 15 is 0 Å². The van der Waals surface area contributed by atoms with Gasteiger partial charge in [0.05, 0.1) is 11.6 Å². The van der Waals surface area contributed by atoms with Crippen molar-refractivity contribution in [3.63, 3.8) is 0 Å². The Morgan fingerprint density at radius 3 is 2.43 bits per heavy atom. The van der Waals surface area contributed by atoms with E-state index in [0.717, 1.165) is 26.9 Å². The normalized spacial score (nSPS) is 12.5. The van der Waals surface area contributed by atoms with Gasteiger partial charge in [-0.3, -0.25) is 4.98 Å². The van der Waals surface area contributed by atoms with Crippen LogP contribution in [0.3, 0.4) is 0 Å². The molecule has 0 spiro atoms. The molecule has 0 aliphatic rings. The van der Waals surface area contributed by atoms with Crippen molar-refractivity contribution < 1.29 is 14.6 Å². The second kappa shape index (κ2) is 8.52. The van der Waals surface area contributed by atoms with E-state index in [2.05, 4.69) is 4.98 Å². The van der Waals surface area contributed by atoms with Gasteiger partial charge in [0, 0.05) is 26.6 Å². The van der Waals surface area contributed by atoms with Gasteiger partial charge in [-0.15, -0.1) is 11.8 Å². The van der Waals surface area contributed by atoms with E-state index in [9.17, 15) is 9.90 Å². The van der Waals surface area contributed by atoms with Crippen LogP contribution in [0.25, 0.3) is 22.0 Å². The Hall–Kier alpha value is -2.08. The molecule has 3 rings (SSSR count). The molecule has 0 aliphatic carbocycles. The van der Waals surface area contributed by atoms with Gasteiger partial charge in [0.2, 0.25) is 0 Å². The van der Waals surface area contributed by atoms with Gasteiger partial charge >= 0.3 is 5.97 Å². The zero-order valence-corrected chi connectivity index (χ0v) is 17.8. The molecule has 0 fully saturated rings. The maximum absolute atomic E-state index is 12.1. The molecule has 1 unspecified atom stereocenters. The molecule has 0 radical (unpaired) electrons. The number of carboxylic acid groups (broad SMARTS) is 1. The van der Waals surface area contributed by atoms with E-state index in [1.54, 1.807) is 17.8 Å². The maximum atomic E-state index is 12.1. The largest absolute Gasteiger partial charge is 0.479 e. The SMILES string of the molecule is CSc1ccc(-c2c(C(OC(C)C)C(=O)O)c(C)nc3ccc(Cl)cc23)cc1. The summed E-state index contributed by atoms with van der Waals surface area (Å²) in [6.07, 6.45) is 0.650. The van der Waals surface area contributed by atoms with Gasteiger partial charge in [0.25, 0.3) is 0 Å². The van der Waals surface area contributed by atoms with Crippen molar-refractivity contribution >= 4 is 40.2 Å². The quantitative estimate of drug-likeness (QED) is 0.490. The van der Waals surface area contributed by atoms with Gasteiger partial charge < -0.3 is 9.84 Å². The van der Waals surface area contributed by atoms with Gasteiger partial charge in [-0.25, -0.2) is 4.79 Å². The fourth-order valence-electron chi connectivity index (χ4n) is 3.28. The van der Waals surface area contributed by atoms with Crippen LogP contribution in [0.5, 0.6) is 0 Å². The summed E-state index contributed by atoms with van der Waals surface area (Å²) >= 11 is 7.92. The van der Waals surface area contributed by atoms with Crippen LogP contribution in [0.15, 0.2) is 47.4 Å². The van der Waals surface area contributed by atoms with Crippen molar-refractivity contribution in [2.24, 2.45) is 0 Å². The van der Waals surface area contributed by atoms with E-state index in [-0.39, 0.29) is 6.10 Å². The number of pyridine rings is 1. The van der Waals surface area contributed by atoms with Crippen LogP contribution in [-0.2, 0) is 9.53 Å². The number of nitrogens with zero attached hydrogens (tertiary/aromatic N) is 1. The summed E-state index contributed by atoms with van der Waals surface area (Å²) in [4.78, 5) is 17.9. The lowest BCUT2D eigenvalue weighted by Gasteiger charge is -2.23. The molecule has 0 saturated heterocycles. The van der Waals surface area contributed by atoms with E-state index in [0.29, 0.717) is 16.3 Å². The number of aryl methyl sites for hydroxylation is 1. The molecule has 0 aliphatic heterocycles. The number of ether oxygens (including phenoxy) is 1. The standard InChI is InChI=1S/C22H22ClNO3S/c1-12(2)27-21(22(25)26)19-13(3)24-18-10-7-15(23)11-17(18)20(19)14-5-8-16(28-4)9-6-14/h5-12,21H,1-4H3,(H,25,26). The second-order valence-corrected chi connectivity index (χ2v) is 8.10. The van der Waals surface area contributed by atoms with Crippen LogP contribution in [0.1, 0.15) is 31.2 Å². The first-order valence-electron chi connectivity index (χ1n) is 8.94. The zero-order chi connectivity index (χ0) is 20.4. The third kappa shape index (κ3) is 4.17. The molecular formula is C22H22ClNO3S. The molecule has 1 N–H and O–H groups in total. The molecule has 4 nitrogen and oxygen atoms in total. The number of hydrogen-bond acceptors (Lipinski definition) is 4. The lowest BCUT2D eigenvalue weighted by molar-refractivity contribution is -0.153. The Morgan fingerprint density at radius 1 is 1.18 bits per heavy atom. The molecule has 1 atom stereocenters. The Balaban J connectivity index is 2.38. The highest BCUT2D eigenvalue weighted by Crippen LogP contribution is 2.39. The third-order valence-corrected chi connectivity index (χ3v) is 5.43. The number of rotatable bonds is 6. The number of thioether (sulfide) groups is 1. The van der Waals surface area contributed by atoms with Crippen molar-refractivity contribution in [3.8, 4) is 11.1 Å². The van der Waals surface area contributed by atoms with Crippen LogP contribution >= 0.6 is 23.4 Å². The highest BCUT2D eigenvalue weighted by atomic mass is 35.5. The predicted molar refractivity (Wildman–Crippen MR) is 115 cm³/mol. The molecule has 28 heavy (non-hydrogen) atoms. The number of benzene rings is 2. The Kier molecular flexibility index (Phi) is 6.28. The molecule has 0 amide bonds. The number of fused-ring (bicyclic) bond motifs is 1. The van der Waals surface area contributed by atoms with Crippen molar-refractivity contribution in [1.29, 1.82) is 0 Å². The highest BCUT2D eigenvalue weighted by molar-refractivity contribution is 7.98. The first kappa shape index (κ1) is 20.6. The molecule has 0 saturated carbocycles. The van der Waals surface area contributed by atoms with E-state index < -0.39 is 12.1 Å². The van der Waals surface area contributed by atoms with E-state index in [4.69, 9.17) is 16.3 Å². The van der Waals surface area contributed by atoms with Gasteiger partial charge in [0.15, 0.2) is 6.10 Å². The monoisotopic (exact) mass is 415 g/mol. The number of aliphatic carboxylic acids is 1. The summed E-state index contributed by atoms with van der Waals surface area (Å²) in [6.45, 7) is 5.47. The maximum Gasteiger partial charge on any atom is 0.337 e. The summed E-state index contributed by atoms with van der Waals surface area (Å²) in [5.74, 6) is -1.04. The van der Waals surface area contributed by atoms with Crippen LogP contribution in [0.2, 0.25) is 5.02 Å². The summed E-state index contributed by atoms with van der Waals surface area (Å²) < 4.78 is 5.79. The summed E-state index contributed by atoms with van der Waals surface area (Å²) in [6, 6.07) is 13.5. The Bertz CT molecular complexity index is 1020. The molecule has 0 bridgehead atoms. The van der Waals surface area contributed by atoms with Crippen molar-refractivity contribution in [2.75, 3.05) is 6.26 Å².